The number of benzene rings is 2. The highest BCUT2D eigenvalue weighted by molar-refractivity contribution is 5.89. The van der Waals surface area contributed by atoms with Crippen molar-refractivity contribution in [2.45, 2.75) is 0 Å². The normalized spacial score (nSPS) is 9.87. The van der Waals surface area contributed by atoms with Gasteiger partial charge in [-0.05, 0) is 36.4 Å². The van der Waals surface area contributed by atoms with E-state index in [1.54, 1.807) is 36.4 Å². The Balaban J connectivity index is 2.35. The number of hydrogen-bond acceptors (Lipinski definition) is 6. The number of esters is 1. The van der Waals surface area contributed by atoms with Gasteiger partial charge < -0.3 is 18.9 Å². The van der Waals surface area contributed by atoms with Gasteiger partial charge in [0.1, 0.15) is 12.0 Å². The molecule has 0 aliphatic heterocycles. The molecule has 0 heterocycles. The zero-order chi connectivity index (χ0) is 16.8. The molecule has 0 unspecified atom stereocenters. The summed E-state index contributed by atoms with van der Waals surface area (Å²) in [5.74, 6) is 1.12. The third-order valence-electron chi connectivity index (χ3n) is 3.11. The van der Waals surface area contributed by atoms with Crippen molar-refractivity contribution in [2.75, 3.05) is 21.3 Å². The molecule has 0 saturated carbocycles. The minimum absolute atomic E-state index is 0.339. The van der Waals surface area contributed by atoms with Crippen molar-refractivity contribution in [3.05, 3.63) is 47.5 Å². The molecule has 23 heavy (non-hydrogen) atoms. The van der Waals surface area contributed by atoms with Gasteiger partial charge >= 0.3 is 5.97 Å². The van der Waals surface area contributed by atoms with Gasteiger partial charge in [-0.3, -0.25) is 4.79 Å². The van der Waals surface area contributed by atoms with E-state index in [1.165, 1.54) is 21.3 Å². The Bertz CT molecular complexity index is 681. The van der Waals surface area contributed by atoms with Crippen LogP contribution < -0.4 is 14.2 Å². The highest BCUT2D eigenvalue weighted by Gasteiger charge is 2.15. The molecule has 0 amide bonds. The first-order chi connectivity index (χ1) is 11.1. The molecule has 6 nitrogen and oxygen atoms in total. The molecule has 0 bridgehead atoms. The van der Waals surface area contributed by atoms with E-state index in [-0.39, 0.29) is 0 Å². The van der Waals surface area contributed by atoms with Crippen LogP contribution in [-0.2, 0) is 4.74 Å². The summed E-state index contributed by atoms with van der Waals surface area (Å²) in [5.41, 5.74) is 0.821. The number of carbonyl (C=O) groups is 2. The smallest absolute Gasteiger partial charge is 0.337 e. The van der Waals surface area contributed by atoms with E-state index < -0.39 is 5.97 Å². The van der Waals surface area contributed by atoms with Crippen LogP contribution in [0.1, 0.15) is 20.7 Å². The molecule has 2 aromatic carbocycles. The first kappa shape index (κ1) is 16.4. The van der Waals surface area contributed by atoms with Gasteiger partial charge in [0.25, 0.3) is 0 Å². The first-order valence-corrected chi connectivity index (χ1v) is 6.70. The van der Waals surface area contributed by atoms with Gasteiger partial charge in [0.2, 0.25) is 5.75 Å². The average molecular weight is 316 g/mol. The van der Waals surface area contributed by atoms with E-state index in [2.05, 4.69) is 4.74 Å². The zero-order valence-corrected chi connectivity index (χ0v) is 13.0. The van der Waals surface area contributed by atoms with Crippen molar-refractivity contribution in [3.8, 4) is 23.0 Å². The molecule has 0 aromatic heterocycles. The summed E-state index contributed by atoms with van der Waals surface area (Å²) in [6.45, 7) is 0. The third-order valence-corrected chi connectivity index (χ3v) is 3.11. The number of methoxy groups -OCH3 is 3. The number of ether oxygens (including phenoxy) is 4. The first-order valence-electron chi connectivity index (χ1n) is 6.70. The highest BCUT2D eigenvalue weighted by atomic mass is 16.5. The van der Waals surface area contributed by atoms with Gasteiger partial charge in [-0.2, -0.15) is 0 Å². The van der Waals surface area contributed by atoms with Crippen LogP contribution in [0.5, 0.6) is 23.0 Å². The lowest BCUT2D eigenvalue weighted by atomic mass is 10.2. The Kier molecular flexibility index (Phi) is 5.19. The van der Waals surface area contributed by atoms with Crippen molar-refractivity contribution in [1.82, 2.24) is 0 Å². The van der Waals surface area contributed by atoms with Crippen LogP contribution in [0.15, 0.2) is 36.4 Å². The molecule has 0 radical (unpaired) electrons. The van der Waals surface area contributed by atoms with E-state index in [9.17, 15) is 9.59 Å². The predicted octanol–water partition coefficient (Wildman–Crippen LogP) is 3.10. The van der Waals surface area contributed by atoms with Crippen LogP contribution >= 0.6 is 0 Å². The van der Waals surface area contributed by atoms with Crippen molar-refractivity contribution in [2.24, 2.45) is 0 Å². The number of rotatable bonds is 6. The molecule has 0 aliphatic rings. The van der Waals surface area contributed by atoms with E-state index in [0.717, 1.165) is 0 Å². The maximum Gasteiger partial charge on any atom is 0.337 e. The Morgan fingerprint density at radius 3 is 1.96 bits per heavy atom. The van der Waals surface area contributed by atoms with Gasteiger partial charge in [0.05, 0.1) is 26.9 Å². The van der Waals surface area contributed by atoms with Gasteiger partial charge in [-0.15, -0.1) is 0 Å². The van der Waals surface area contributed by atoms with Crippen LogP contribution in [0.25, 0.3) is 0 Å². The number of carbonyl (C=O) groups excluding carboxylic acids is 2. The second kappa shape index (κ2) is 7.31. The Hall–Kier alpha value is -3.02. The van der Waals surface area contributed by atoms with Crippen molar-refractivity contribution >= 4 is 12.3 Å². The number of hydrogen-bond donors (Lipinski definition) is 0. The largest absolute Gasteiger partial charge is 0.493 e. The van der Waals surface area contributed by atoms with Crippen LogP contribution in [0, 0.1) is 0 Å². The van der Waals surface area contributed by atoms with Crippen molar-refractivity contribution in [1.29, 1.82) is 0 Å². The SMILES string of the molecule is COC(=O)c1ccc(Oc2c(OC)cc(C=O)cc2OC)cc1. The van der Waals surface area contributed by atoms with Crippen molar-refractivity contribution < 1.29 is 28.5 Å². The Morgan fingerprint density at radius 2 is 1.52 bits per heavy atom. The molecule has 120 valence electrons. The molecule has 0 fully saturated rings. The Labute approximate surface area is 133 Å². The molecule has 0 spiro atoms. The van der Waals surface area contributed by atoms with E-state index in [4.69, 9.17) is 14.2 Å². The van der Waals surface area contributed by atoms with Gasteiger partial charge in [-0.25, -0.2) is 4.79 Å². The van der Waals surface area contributed by atoms with E-state index >= 15 is 0 Å². The molecule has 2 rings (SSSR count). The molecule has 2 aromatic rings. The minimum atomic E-state index is -0.429. The summed E-state index contributed by atoms with van der Waals surface area (Å²) >= 11 is 0. The molecule has 0 N–H and O–H groups in total. The Morgan fingerprint density at radius 1 is 0.957 bits per heavy atom. The standard InChI is InChI=1S/C17H16O6/c1-20-14-8-11(10-18)9-15(21-2)16(14)23-13-6-4-12(5-7-13)17(19)22-3/h4-10H,1-3H3. The lowest BCUT2D eigenvalue weighted by Crippen LogP contribution is -2.01. The zero-order valence-electron chi connectivity index (χ0n) is 13.0. The second-order valence-electron chi connectivity index (χ2n) is 4.49. The summed E-state index contributed by atoms with van der Waals surface area (Å²) in [4.78, 5) is 22.4. The van der Waals surface area contributed by atoms with Gasteiger partial charge in [0, 0.05) is 5.56 Å². The van der Waals surface area contributed by atoms with Crippen LogP contribution in [0.3, 0.4) is 0 Å². The maximum absolute atomic E-state index is 11.4. The maximum atomic E-state index is 11.4. The fraction of sp³-hybridized carbons (Fsp3) is 0.176. The van der Waals surface area contributed by atoms with Crippen LogP contribution in [0.4, 0.5) is 0 Å². The summed E-state index contributed by atoms with van der Waals surface area (Å²) in [7, 11) is 4.25. The molecular formula is C17H16O6. The van der Waals surface area contributed by atoms with Gasteiger partial charge in [0.15, 0.2) is 11.5 Å². The predicted molar refractivity (Wildman–Crippen MR) is 82.8 cm³/mol. The lowest BCUT2D eigenvalue weighted by Gasteiger charge is -2.14. The van der Waals surface area contributed by atoms with Gasteiger partial charge in [-0.1, -0.05) is 0 Å². The molecular weight excluding hydrogens is 300 g/mol. The van der Waals surface area contributed by atoms with Crippen molar-refractivity contribution in [3.63, 3.8) is 0 Å². The minimum Gasteiger partial charge on any atom is -0.493 e. The topological polar surface area (TPSA) is 71.1 Å². The molecule has 6 heteroatoms. The molecule has 0 aliphatic carbocycles. The fourth-order valence-electron chi connectivity index (χ4n) is 1.96. The summed E-state index contributed by atoms with van der Waals surface area (Å²) < 4.78 is 20.9. The second-order valence-corrected chi connectivity index (χ2v) is 4.49. The van der Waals surface area contributed by atoms with E-state index in [0.29, 0.717) is 40.4 Å². The lowest BCUT2D eigenvalue weighted by molar-refractivity contribution is 0.0600. The molecule has 0 atom stereocenters. The quantitative estimate of drug-likeness (QED) is 0.602. The molecule has 0 saturated heterocycles. The highest BCUT2D eigenvalue weighted by Crippen LogP contribution is 2.41. The van der Waals surface area contributed by atoms with Crippen LogP contribution in [-0.4, -0.2) is 33.6 Å². The van der Waals surface area contributed by atoms with E-state index in [1.807, 2.05) is 0 Å². The summed E-state index contributed by atoms with van der Waals surface area (Å²) in [5, 5.41) is 0. The summed E-state index contributed by atoms with van der Waals surface area (Å²) in [6, 6.07) is 9.51. The summed E-state index contributed by atoms with van der Waals surface area (Å²) in [6.07, 6.45) is 0.694. The fourth-order valence-corrected chi connectivity index (χ4v) is 1.96. The number of aldehydes is 1. The third kappa shape index (κ3) is 3.60. The average Bonchev–Trinajstić information content (AvgIpc) is 2.61. The van der Waals surface area contributed by atoms with Crippen LogP contribution in [0.2, 0.25) is 0 Å². The monoisotopic (exact) mass is 316 g/mol.